The van der Waals surface area contributed by atoms with Crippen LogP contribution in [0.15, 0.2) is 18.2 Å². The van der Waals surface area contributed by atoms with Crippen LogP contribution >= 0.6 is 0 Å². The average molecular weight is 328 g/mol. The van der Waals surface area contributed by atoms with Crippen molar-refractivity contribution in [3.8, 4) is 0 Å². The fourth-order valence-electron chi connectivity index (χ4n) is 4.31. The smallest absolute Gasteiger partial charge is 0.337 e. The summed E-state index contributed by atoms with van der Waals surface area (Å²) in [6.07, 6.45) is 2.60. The van der Waals surface area contributed by atoms with E-state index in [0.717, 1.165) is 42.4 Å². The van der Waals surface area contributed by atoms with Gasteiger partial charge >= 0.3 is 5.97 Å². The molecule has 2 N–H and O–H groups in total. The number of carboxylic acid groups (broad SMARTS) is 1. The summed E-state index contributed by atoms with van der Waals surface area (Å²) in [5, 5.41) is 13.1. The van der Waals surface area contributed by atoms with E-state index in [1.165, 1.54) is 25.9 Å². The Morgan fingerprint density at radius 1 is 1.38 bits per heavy atom. The normalized spacial score (nSPS) is 26.1. The molecule has 4 heterocycles. The predicted octanol–water partition coefficient (Wildman–Crippen LogP) is 1.73. The summed E-state index contributed by atoms with van der Waals surface area (Å²) in [7, 11) is 0. The van der Waals surface area contributed by atoms with Gasteiger partial charge in [0.15, 0.2) is 0 Å². The zero-order valence-electron chi connectivity index (χ0n) is 14.0. The van der Waals surface area contributed by atoms with Gasteiger partial charge in [0.2, 0.25) is 0 Å². The number of benzene rings is 1. The van der Waals surface area contributed by atoms with Crippen LogP contribution in [0.3, 0.4) is 0 Å². The number of nitrogens with zero attached hydrogens (tertiary/aromatic N) is 3. The van der Waals surface area contributed by atoms with Crippen LogP contribution in [0.5, 0.6) is 0 Å². The van der Waals surface area contributed by atoms with Gasteiger partial charge in [-0.05, 0) is 50.9 Å². The van der Waals surface area contributed by atoms with Gasteiger partial charge in [-0.3, -0.25) is 0 Å². The molecule has 3 aliphatic rings. The van der Waals surface area contributed by atoms with E-state index < -0.39 is 5.97 Å². The third-order valence-corrected chi connectivity index (χ3v) is 5.59. The van der Waals surface area contributed by atoms with E-state index in [9.17, 15) is 9.90 Å². The predicted molar refractivity (Wildman–Crippen MR) is 92.4 cm³/mol. The summed E-state index contributed by atoms with van der Waals surface area (Å²) in [6, 6.07) is 5.87. The van der Waals surface area contributed by atoms with Crippen LogP contribution in [0.1, 0.15) is 29.0 Å². The third-order valence-electron chi connectivity index (χ3n) is 5.59. The standard InChI is InChI=1S/C18H24N4O2/c1-12-20-15-4-2-3-14(18(23)24)17(15)22(12)10-7-19-16-11-21-8-5-13(16)6-9-21/h2-4,13,16,19H,5-11H2,1H3,(H,23,24). The second-order valence-electron chi connectivity index (χ2n) is 6.99. The molecule has 1 aromatic carbocycles. The molecule has 3 fully saturated rings. The minimum Gasteiger partial charge on any atom is -0.478 e. The Labute approximate surface area is 141 Å². The van der Waals surface area contributed by atoms with Gasteiger partial charge < -0.3 is 19.9 Å². The maximum absolute atomic E-state index is 11.5. The second kappa shape index (κ2) is 6.18. The van der Waals surface area contributed by atoms with Crippen LogP contribution in [-0.2, 0) is 6.54 Å². The van der Waals surface area contributed by atoms with Crippen LogP contribution in [-0.4, -0.2) is 57.7 Å². The zero-order chi connectivity index (χ0) is 16.7. The van der Waals surface area contributed by atoms with Crippen molar-refractivity contribution in [2.45, 2.75) is 32.4 Å². The summed E-state index contributed by atoms with van der Waals surface area (Å²) in [6.45, 7) is 7.17. The average Bonchev–Trinajstić information content (AvgIpc) is 2.91. The van der Waals surface area contributed by atoms with Crippen molar-refractivity contribution >= 4 is 17.0 Å². The van der Waals surface area contributed by atoms with E-state index in [1.54, 1.807) is 12.1 Å². The van der Waals surface area contributed by atoms with Crippen LogP contribution in [0.4, 0.5) is 0 Å². The van der Waals surface area contributed by atoms with E-state index in [1.807, 2.05) is 17.6 Å². The Morgan fingerprint density at radius 2 is 2.17 bits per heavy atom. The maximum atomic E-state index is 11.5. The molecule has 1 atom stereocenters. The largest absolute Gasteiger partial charge is 0.478 e. The van der Waals surface area contributed by atoms with Crippen LogP contribution in [0.25, 0.3) is 11.0 Å². The fraction of sp³-hybridized carbons (Fsp3) is 0.556. The first-order chi connectivity index (χ1) is 11.6. The minimum atomic E-state index is -0.896. The van der Waals surface area contributed by atoms with E-state index in [4.69, 9.17) is 0 Å². The number of aromatic nitrogens is 2. The van der Waals surface area contributed by atoms with Gasteiger partial charge in [-0.1, -0.05) is 6.07 Å². The molecule has 2 bridgehead atoms. The molecule has 6 heteroatoms. The number of hydrogen-bond acceptors (Lipinski definition) is 4. The van der Waals surface area contributed by atoms with Crippen LogP contribution < -0.4 is 5.32 Å². The van der Waals surface area contributed by atoms with Gasteiger partial charge in [-0.15, -0.1) is 0 Å². The van der Waals surface area contributed by atoms with E-state index in [2.05, 4.69) is 15.2 Å². The summed E-state index contributed by atoms with van der Waals surface area (Å²) < 4.78 is 2.03. The Hall–Kier alpha value is -1.92. The molecule has 0 saturated carbocycles. The number of imidazole rings is 1. The second-order valence-corrected chi connectivity index (χ2v) is 6.99. The van der Waals surface area contributed by atoms with Gasteiger partial charge in [0.25, 0.3) is 0 Å². The third kappa shape index (κ3) is 2.70. The molecule has 0 radical (unpaired) electrons. The minimum absolute atomic E-state index is 0.330. The molecular weight excluding hydrogens is 304 g/mol. The summed E-state index contributed by atoms with van der Waals surface area (Å²) >= 11 is 0. The Bertz CT molecular complexity index is 762. The lowest BCUT2D eigenvalue weighted by Gasteiger charge is -2.45. The number of piperidine rings is 3. The number of carbonyl (C=O) groups is 1. The Balaban J connectivity index is 1.50. The highest BCUT2D eigenvalue weighted by Crippen LogP contribution is 2.27. The molecule has 0 amide bonds. The van der Waals surface area contributed by atoms with Gasteiger partial charge in [-0.2, -0.15) is 0 Å². The molecule has 24 heavy (non-hydrogen) atoms. The monoisotopic (exact) mass is 328 g/mol. The maximum Gasteiger partial charge on any atom is 0.337 e. The lowest BCUT2D eigenvalue weighted by molar-refractivity contribution is 0.0698. The lowest BCUT2D eigenvalue weighted by atomic mass is 9.84. The molecule has 2 aromatic rings. The molecule has 0 spiro atoms. The van der Waals surface area contributed by atoms with Crippen molar-refractivity contribution < 1.29 is 9.90 Å². The number of para-hydroxylation sites is 1. The van der Waals surface area contributed by atoms with Gasteiger partial charge in [0.1, 0.15) is 5.82 Å². The lowest BCUT2D eigenvalue weighted by Crippen LogP contribution is -2.56. The molecule has 1 aromatic heterocycles. The number of aromatic carboxylic acids is 1. The number of rotatable bonds is 5. The number of fused-ring (bicyclic) bond motifs is 4. The summed E-state index contributed by atoms with van der Waals surface area (Å²) in [4.78, 5) is 18.6. The highest BCUT2D eigenvalue weighted by molar-refractivity contribution is 6.01. The van der Waals surface area contributed by atoms with E-state index in [-0.39, 0.29) is 0 Å². The molecule has 1 unspecified atom stereocenters. The first kappa shape index (κ1) is 15.6. The van der Waals surface area contributed by atoms with Crippen molar-refractivity contribution in [1.82, 2.24) is 19.8 Å². The number of aryl methyl sites for hydroxylation is 1. The molecule has 3 saturated heterocycles. The van der Waals surface area contributed by atoms with E-state index in [0.29, 0.717) is 11.6 Å². The van der Waals surface area contributed by atoms with Crippen molar-refractivity contribution in [1.29, 1.82) is 0 Å². The van der Waals surface area contributed by atoms with Gasteiger partial charge in [0.05, 0.1) is 16.6 Å². The zero-order valence-corrected chi connectivity index (χ0v) is 14.0. The van der Waals surface area contributed by atoms with Crippen LogP contribution in [0, 0.1) is 12.8 Å². The van der Waals surface area contributed by atoms with Gasteiger partial charge in [-0.25, -0.2) is 9.78 Å². The van der Waals surface area contributed by atoms with Crippen molar-refractivity contribution in [3.05, 3.63) is 29.6 Å². The van der Waals surface area contributed by atoms with Crippen molar-refractivity contribution in [2.75, 3.05) is 26.2 Å². The number of carboxylic acids is 1. The molecule has 3 aliphatic heterocycles. The molecule has 5 rings (SSSR count). The SMILES string of the molecule is Cc1nc2cccc(C(=O)O)c2n1CCNC1CN2CCC1CC2. The molecule has 128 valence electrons. The van der Waals surface area contributed by atoms with Crippen molar-refractivity contribution in [2.24, 2.45) is 5.92 Å². The highest BCUT2D eigenvalue weighted by Gasteiger charge is 2.33. The quantitative estimate of drug-likeness (QED) is 0.875. The molecule has 0 aliphatic carbocycles. The molecule has 6 nitrogen and oxygen atoms in total. The topological polar surface area (TPSA) is 70.4 Å². The van der Waals surface area contributed by atoms with E-state index >= 15 is 0 Å². The first-order valence-electron chi connectivity index (χ1n) is 8.78. The first-order valence-corrected chi connectivity index (χ1v) is 8.78. The summed E-state index contributed by atoms with van der Waals surface area (Å²) in [5.41, 5.74) is 1.82. The Morgan fingerprint density at radius 3 is 2.83 bits per heavy atom. The van der Waals surface area contributed by atoms with Gasteiger partial charge in [0, 0.05) is 25.7 Å². The summed E-state index contributed by atoms with van der Waals surface area (Å²) in [5.74, 6) is 0.770. The molecular formula is C18H24N4O2. The highest BCUT2D eigenvalue weighted by atomic mass is 16.4. The number of nitrogens with one attached hydrogen (secondary N) is 1. The van der Waals surface area contributed by atoms with Crippen molar-refractivity contribution in [3.63, 3.8) is 0 Å². The van der Waals surface area contributed by atoms with Crippen LogP contribution in [0.2, 0.25) is 0 Å². The Kier molecular flexibility index (Phi) is 4.02. The number of hydrogen-bond donors (Lipinski definition) is 2. The fourth-order valence-corrected chi connectivity index (χ4v) is 4.31.